The third-order valence-corrected chi connectivity index (χ3v) is 4.86. The quantitative estimate of drug-likeness (QED) is 0.703. The molecule has 0 aliphatic carbocycles. The second kappa shape index (κ2) is 7.97. The van der Waals surface area contributed by atoms with Gasteiger partial charge in [0.05, 0.1) is 12.0 Å². The Kier molecular flexibility index (Phi) is 6.61. The fraction of sp³-hybridized carbons (Fsp3) is 0.333. The van der Waals surface area contributed by atoms with Crippen molar-refractivity contribution in [1.29, 1.82) is 0 Å². The molecular formula is C15H21NO4S. The average molecular weight is 311 g/mol. The van der Waals surface area contributed by atoms with Crippen molar-refractivity contribution >= 4 is 10.0 Å². The van der Waals surface area contributed by atoms with Gasteiger partial charge in [0, 0.05) is 19.7 Å². The van der Waals surface area contributed by atoms with Gasteiger partial charge in [0.1, 0.15) is 5.75 Å². The van der Waals surface area contributed by atoms with E-state index in [0.29, 0.717) is 11.3 Å². The van der Waals surface area contributed by atoms with Crippen LogP contribution in [0.5, 0.6) is 5.75 Å². The largest absolute Gasteiger partial charge is 0.497 e. The molecule has 0 fully saturated rings. The van der Waals surface area contributed by atoms with Crippen molar-refractivity contribution in [3.63, 3.8) is 0 Å². The Balaban J connectivity index is 3.33. The first-order valence-electron chi connectivity index (χ1n) is 6.51. The van der Waals surface area contributed by atoms with Crippen molar-refractivity contribution in [1.82, 2.24) is 4.31 Å². The molecule has 0 unspecified atom stereocenters. The minimum Gasteiger partial charge on any atom is -0.497 e. The van der Waals surface area contributed by atoms with E-state index in [1.807, 2.05) is 0 Å². The van der Waals surface area contributed by atoms with Crippen molar-refractivity contribution in [2.24, 2.45) is 0 Å². The van der Waals surface area contributed by atoms with Crippen LogP contribution in [-0.4, -0.2) is 44.6 Å². The van der Waals surface area contributed by atoms with Gasteiger partial charge in [-0.2, -0.15) is 4.31 Å². The van der Waals surface area contributed by atoms with Gasteiger partial charge >= 0.3 is 0 Å². The summed E-state index contributed by atoms with van der Waals surface area (Å²) in [7, 11) is -2.17. The predicted octanol–water partition coefficient (Wildman–Crippen LogP) is 1.59. The number of hydrogen-bond acceptors (Lipinski definition) is 4. The Hall–Kier alpha value is -1.63. The van der Waals surface area contributed by atoms with Crippen molar-refractivity contribution in [3.05, 3.63) is 49.1 Å². The van der Waals surface area contributed by atoms with Crippen LogP contribution in [0.2, 0.25) is 0 Å². The number of rotatable bonds is 9. The van der Waals surface area contributed by atoms with Crippen LogP contribution in [0.1, 0.15) is 5.56 Å². The van der Waals surface area contributed by atoms with E-state index in [2.05, 4.69) is 13.2 Å². The van der Waals surface area contributed by atoms with E-state index in [9.17, 15) is 8.42 Å². The van der Waals surface area contributed by atoms with Crippen LogP contribution in [0.15, 0.2) is 48.4 Å². The Morgan fingerprint density at radius 2 is 1.90 bits per heavy atom. The molecule has 0 aliphatic rings. The monoisotopic (exact) mass is 311 g/mol. The summed E-state index contributed by atoms with van der Waals surface area (Å²) in [6.07, 6.45) is 3.29. The first kappa shape index (κ1) is 17.4. The molecule has 6 heteroatoms. The number of sulfonamides is 1. The Labute approximate surface area is 126 Å². The fourth-order valence-corrected chi connectivity index (χ4v) is 3.56. The summed E-state index contributed by atoms with van der Waals surface area (Å²) in [5.41, 5.74) is 0.523. The smallest absolute Gasteiger partial charge is 0.243 e. The molecule has 0 aliphatic heterocycles. The maximum Gasteiger partial charge on any atom is 0.243 e. The lowest BCUT2D eigenvalue weighted by Gasteiger charge is -2.21. The van der Waals surface area contributed by atoms with Crippen LogP contribution in [0.3, 0.4) is 0 Å². The van der Waals surface area contributed by atoms with Gasteiger partial charge in [0.25, 0.3) is 0 Å². The molecule has 0 atom stereocenters. The number of methoxy groups -OCH3 is 1. The van der Waals surface area contributed by atoms with Crippen LogP contribution >= 0.6 is 0 Å². The summed E-state index contributed by atoms with van der Waals surface area (Å²) in [4.78, 5) is 0.168. The van der Waals surface area contributed by atoms with Gasteiger partial charge in [0.15, 0.2) is 0 Å². The van der Waals surface area contributed by atoms with Gasteiger partial charge in [-0.15, -0.1) is 13.2 Å². The van der Waals surface area contributed by atoms with E-state index in [-0.39, 0.29) is 31.0 Å². The minimum atomic E-state index is -3.68. The first-order chi connectivity index (χ1) is 10.0. The highest BCUT2D eigenvalue weighted by Gasteiger charge is 2.25. The molecular weight excluding hydrogens is 290 g/mol. The number of benzene rings is 1. The van der Waals surface area contributed by atoms with Crippen LogP contribution in [0.4, 0.5) is 0 Å². The van der Waals surface area contributed by atoms with E-state index in [1.165, 1.54) is 29.6 Å². The molecule has 1 rings (SSSR count). The van der Waals surface area contributed by atoms with Crippen LogP contribution in [0.25, 0.3) is 0 Å². The molecule has 21 heavy (non-hydrogen) atoms. The maximum absolute atomic E-state index is 12.7. The van der Waals surface area contributed by atoms with Crippen molar-refractivity contribution in [3.8, 4) is 5.75 Å². The highest BCUT2D eigenvalue weighted by molar-refractivity contribution is 7.89. The summed E-state index contributed by atoms with van der Waals surface area (Å²) in [6, 6.07) is 4.72. The minimum absolute atomic E-state index is 0.140. The zero-order valence-electron chi connectivity index (χ0n) is 12.2. The Morgan fingerprint density at radius 1 is 1.29 bits per heavy atom. The molecule has 0 radical (unpaired) electrons. The molecule has 1 aromatic rings. The zero-order chi connectivity index (χ0) is 15.9. The fourth-order valence-electron chi connectivity index (χ4n) is 1.95. The summed E-state index contributed by atoms with van der Waals surface area (Å²) in [5.74, 6) is 0.552. The zero-order valence-corrected chi connectivity index (χ0v) is 13.0. The molecule has 5 nitrogen and oxygen atoms in total. The van der Waals surface area contributed by atoms with E-state index < -0.39 is 10.0 Å². The number of ether oxygens (including phenoxy) is 1. The van der Waals surface area contributed by atoms with E-state index in [0.717, 1.165) is 0 Å². The molecule has 0 aromatic heterocycles. The third-order valence-electron chi connectivity index (χ3n) is 2.93. The number of aliphatic hydroxyl groups excluding tert-OH is 1. The number of aliphatic hydroxyl groups is 1. The van der Waals surface area contributed by atoms with E-state index in [4.69, 9.17) is 9.84 Å². The van der Waals surface area contributed by atoms with Crippen molar-refractivity contribution in [2.45, 2.75) is 11.3 Å². The first-order valence-corrected chi connectivity index (χ1v) is 7.95. The molecule has 1 aromatic carbocycles. The lowest BCUT2D eigenvalue weighted by molar-refractivity contribution is 0.298. The van der Waals surface area contributed by atoms with Gasteiger partial charge in [-0.1, -0.05) is 12.2 Å². The van der Waals surface area contributed by atoms with Crippen LogP contribution in [0, 0.1) is 0 Å². The summed E-state index contributed by atoms with van der Waals surface area (Å²) >= 11 is 0. The molecule has 0 bridgehead atoms. The number of hydrogen-bond donors (Lipinski definition) is 1. The molecule has 0 spiro atoms. The van der Waals surface area contributed by atoms with E-state index in [1.54, 1.807) is 12.1 Å². The second-order valence-corrected chi connectivity index (χ2v) is 6.25. The van der Waals surface area contributed by atoms with Gasteiger partial charge in [-0.25, -0.2) is 8.42 Å². The summed E-state index contributed by atoms with van der Waals surface area (Å²) in [6.45, 7) is 7.40. The molecule has 0 saturated carbocycles. The SMILES string of the molecule is C=CCN(CC=C)S(=O)(=O)c1ccc(OC)cc1CCO. The topological polar surface area (TPSA) is 66.8 Å². The van der Waals surface area contributed by atoms with Gasteiger partial charge in [-0.3, -0.25) is 0 Å². The summed E-state index contributed by atoms with van der Waals surface area (Å²) < 4.78 is 31.8. The van der Waals surface area contributed by atoms with Gasteiger partial charge in [0.2, 0.25) is 10.0 Å². The lowest BCUT2D eigenvalue weighted by Crippen LogP contribution is -2.32. The van der Waals surface area contributed by atoms with Crippen LogP contribution < -0.4 is 4.74 Å². The predicted molar refractivity (Wildman–Crippen MR) is 82.9 cm³/mol. The van der Waals surface area contributed by atoms with E-state index >= 15 is 0 Å². The second-order valence-electron chi connectivity index (χ2n) is 4.35. The Morgan fingerprint density at radius 3 is 2.38 bits per heavy atom. The molecule has 1 N–H and O–H groups in total. The maximum atomic E-state index is 12.7. The third kappa shape index (κ3) is 4.17. The lowest BCUT2D eigenvalue weighted by atomic mass is 10.1. The van der Waals surface area contributed by atoms with Crippen molar-refractivity contribution < 1.29 is 18.3 Å². The normalized spacial score (nSPS) is 11.4. The van der Waals surface area contributed by atoms with Gasteiger partial charge in [-0.05, 0) is 30.2 Å². The standard InChI is InChI=1S/C15H21NO4S/c1-4-9-16(10-5-2)21(18,19)15-7-6-14(20-3)12-13(15)8-11-17/h4-7,12,17H,1-2,8-11H2,3H3. The van der Waals surface area contributed by atoms with Gasteiger partial charge < -0.3 is 9.84 Å². The van der Waals surface area contributed by atoms with Crippen molar-refractivity contribution in [2.75, 3.05) is 26.8 Å². The highest BCUT2D eigenvalue weighted by atomic mass is 32.2. The average Bonchev–Trinajstić information content (AvgIpc) is 2.47. The molecule has 0 saturated heterocycles. The Bertz CT molecular complexity index is 586. The number of nitrogens with zero attached hydrogens (tertiary/aromatic N) is 1. The van der Waals surface area contributed by atoms with Crippen LogP contribution in [-0.2, 0) is 16.4 Å². The highest BCUT2D eigenvalue weighted by Crippen LogP contribution is 2.25. The molecule has 116 valence electrons. The summed E-state index contributed by atoms with van der Waals surface area (Å²) in [5, 5.41) is 9.14. The molecule has 0 heterocycles. The molecule has 0 amide bonds.